The molecule has 0 saturated carbocycles. The monoisotopic (exact) mass is 228 g/mol. The zero-order chi connectivity index (χ0) is 11.2. The summed E-state index contributed by atoms with van der Waals surface area (Å²) < 4.78 is 35.3. The molecule has 0 bridgehead atoms. The van der Waals surface area contributed by atoms with Crippen LogP contribution in [0.2, 0.25) is 0 Å². The average molecular weight is 228 g/mol. The largest absolute Gasteiger partial charge is 0.393 e. The van der Waals surface area contributed by atoms with Crippen molar-refractivity contribution in [3.63, 3.8) is 0 Å². The van der Waals surface area contributed by atoms with E-state index in [1.807, 2.05) is 0 Å². The van der Waals surface area contributed by atoms with E-state index in [-0.39, 0.29) is 6.42 Å². The minimum Gasteiger partial charge on any atom is -0.393 e. The molecule has 0 aliphatic rings. The van der Waals surface area contributed by atoms with Crippen molar-refractivity contribution in [3.8, 4) is 0 Å². The number of nitrogens with two attached hydrogens (primary N) is 1. The first-order valence-corrected chi connectivity index (χ1v) is 4.75. The van der Waals surface area contributed by atoms with Crippen LogP contribution < -0.4 is 5.73 Å². The number of thiocarbonyl (C=S) groups is 1. The third kappa shape index (κ3) is 9.73. The van der Waals surface area contributed by atoms with Crippen molar-refractivity contribution in [3.05, 3.63) is 0 Å². The number of nitrogens with zero attached hydrogens (tertiary/aromatic N) is 1. The molecule has 14 heavy (non-hydrogen) atoms. The highest BCUT2D eigenvalue weighted by Gasteiger charge is 2.26. The van der Waals surface area contributed by atoms with E-state index in [0.717, 1.165) is 0 Å². The van der Waals surface area contributed by atoms with Gasteiger partial charge in [0.15, 0.2) is 0 Å². The molecule has 2 N–H and O–H groups in total. The minimum absolute atomic E-state index is 0.122. The Labute approximate surface area is 87.2 Å². The van der Waals surface area contributed by atoms with Gasteiger partial charge in [-0.3, -0.25) is 0 Å². The predicted molar refractivity (Wildman–Crippen MR) is 54.2 cm³/mol. The van der Waals surface area contributed by atoms with Crippen molar-refractivity contribution in [2.45, 2.75) is 25.4 Å². The molecule has 0 aromatic carbocycles. The van der Waals surface area contributed by atoms with Crippen LogP contribution in [0.5, 0.6) is 0 Å². The Morgan fingerprint density at radius 3 is 2.36 bits per heavy atom. The first kappa shape index (κ1) is 13.6. The van der Waals surface area contributed by atoms with Gasteiger partial charge < -0.3 is 10.6 Å². The van der Waals surface area contributed by atoms with Gasteiger partial charge in [0.05, 0.1) is 4.99 Å². The fourth-order valence-electron chi connectivity index (χ4n) is 0.962. The van der Waals surface area contributed by atoms with Gasteiger partial charge in [-0.15, -0.1) is 0 Å². The molecule has 0 spiro atoms. The van der Waals surface area contributed by atoms with Crippen molar-refractivity contribution in [1.82, 2.24) is 4.90 Å². The number of alkyl halides is 3. The predicted octanol–water partition coefficient (Wildman–Crippen LogP) is 1.94. The van der Waals surface area contributed by atoms with Crippen LogP contribution >= 0.6 is 12.2 Å². The molecule has 6 heteroatoms. The maximum Gasteiger partial charge on any atom is 0.389 e. The molecule has 0 aliphatic carbocycles. The second-order valence-corrected chi connectivity index (χ2v) is 3.76. The SMILES string of the molecule is CN(CCCC(F)(F)F)CCC(N)=S. The highest BCUT2D eigenvalue weighted by molar-refractivity contribution is 7.80. The lowest BCUT2D eigenvalue weighted by Gasteiger charge is -2.16. The van der Waals surface area contributed by atoms with E-state index in [2.05, 4.69) is 12.2 Å². The van der Waals surface area contributed by atoms with Gasteiger partial charge in [0.2, 0.25) is 0 Å². The van der Waals surface area contributed by atoms with Crippen molar-refractivity contribution >= 4 is 17.2 Å². The quantitative estimate of drug-likeness (QED) is 0.704. The number of rotatable bonds is 6. The summed E-state index contributed by atoms with van der Waals surface area (Å²) in [6, 6.07) is 0. The summed E-state index contributed by atoms with van der Waals surface area (Å²) in [4.78, 5) is 2.19. The average Bonchev–Trinajstić information content (AvgIpc) is 1.98. The van der Waals surface area contributed by atoms with Crippen LogP contribution in [-0.4, -0.2) is 36.2 Å². The first-order chi connectivity index (χ1) is 6.31. The highest BCUT2D eigenvalue weighted by Crippen LogP contribution is 2.21. The molecule has 0 radical (unpaired) electrons. The third-order valence-electron chi connectivity index (χ3n) is 1.74. The normalized spacial score (nSPS) is 12.1. The molecule has 2 nitrogen and oxygen atoms in total. The summed E-state index contributed by atoms with van der Waals surface area (Å²) in [6.45, 7) is 1.04. The summed E-state index contributed by atoms with van der Waals surface area (Å²) in [6.07, 6.45) is -4.11. The second-order valence-electron chi connectivity index (χ2n) is 3.24. The molecule has 0 aromatic heterocycles. The standard InChI is InChI=1S/C8H15F3N2S/c1-13(6-3-7(12)14)5-2-4-8(9,10)11/h2-6H2,1H3,(H2,12,14). The van der Waals surface area contributed by atoms with Crippen LogP contribution in [0.15, 0.2) is 0 Å². The molecule has 0 heterocycles. The molecule has 0 rings (SSSR count). The van der Waals surface area contributed by atoms with Gasteiger partial charge in [-0.2, -0.15) is 13.2 Å². The lowest BCUT2D eigenvalue weighted by atomic mass is 10.3. The van der Waals surface area contributed by atoms with Gasteiger partial charge in [-0.25, -0.2) is 0 Å². The first-order valence-electron chi connectivity index (χ1n) is 4.35. The van der Waals surface area contributed by atoms with Crippen LogP contribution in [0.25, 0.3) is 0 Å². The van der Waals surface area contributed by atoms with Crippen LogP contribution in [0, 0.1) is 0 Å². The number of halogens is 3. The zero-order valence-corrected chi connectivity index (χ0v) is 8.92. The molecule has 0 fully saturated rings. The van der Waals surface area contributed by atoms with Crippen LogP contribution in [-0.2, 0) is 0 Å². The molecule has 0 saturated heterocycles. The zero-order valence-electron chi connectivity index (χ0n) is 8.10. The van der Waals surface area contributed by atoms with Gasteiger partial charge in [-0.1, -0.05) is 12.2 Å². The number of hydrogen-bond donors (Lipinski definition) is 1. The van der Waals surface area contributed by atoms with E-state index >= 15 is 0 Å². The molecule has 0 atom stereocenters. The molecular formula is C8H15F3N2S. The van der Waals surface area contributed by atoms with Crippen molar-refractivity contribution in [1.29, 1.82) is 0 Å². The summed E-state index contributed by atoms with van der Waals surface area (Å²) in [5.41, 5.74) is 5.26. The van der Waals surface area contributed by atoms with Crippen molar-refractivity contribution in [2.24, 2.45) is 5.73 Å². The van der Waals surface area contributed by atoms with Crippen molar-refractivity contribution < 1.29 is 13.2 Å². The maximum atomic E-state index is 11.8. The minimum atomic E-state index is -4.05. The van der Waals surface area contributed by atoms with E-state index in [0.29, 0.717) is 24.5 Å². The summed E-state index contributed by atoms with van der Waals surface area (Å²) >= 11 is 4.66. The van der Waals surface area contributed by atoms with Crippen LogP contribution in [0.4, 0.5) is 13.2 Å². The number of hydrogen-bond acceptors (Lipinski definition) is 2. The van der Waals surface area contributed by atoms with Gasteiger partial charge in [0, 0.05) is 19.4 Å². The van der Waals surface area contributed by atoms with E-state index in [1.54, 1.807) is 11.9 Å². The topological polar surface area (TPSA) is 29.3 Å². The third-order valence-corrected chi connectivity index (χ3v) is 1.94. The Morgan fingerprint density at radius 1 is 1.36 bits per heavy atom. The Hall–Kier alpha value is -0.360. The Kier molecular flexibility index (Phi) is 6.03. The summed E-state index contributed by atoms with van der Waals surface area (Å²) in [7, 11) is 1.76. The van der Waals surface area contributed by atoms with E-state index in [9.17, 15) is 13.2 Å². The van der Waals surface area contributed by atoms with Gasteiger partial charge in [0.25, 0.3) is 0 Å². The van der Waals surface area contributed by atoms with Gasteiger partial charge in [0.1, 0.15) is 0 Å². The second kappa shape index (κ2) is 6.19. The Balaban J connectivity index is 3.45. The Bertz CT molecular complexity index is 182. The highest BCUT2D eigenvalue weighted by atomic mass is 32.1. The fraction of sp³-hybridized carbons (Fsp3) is 0.875. The molecule has 0 amide bonds. The molecule has 0 aliphatic heterocycles. The lowest BCUT2D eigenvalue weighted by molar-refractivity contribution is -0.136. The van der Waals surface area contributed by atoms with E-state index in [4.69, 9.17) is 5.73 Å². The van der Waals surface area contributed by atoms with E-state index < -0.39 is 12.6 Å². The van der Waals surface area contributed by atoms with Crippen LogP contribution in [0.3, 0.4) is 0 Å². The van der Waals surface area contributed by atoms with Gasteiger partial charge in [-0.05, 0) is 20.0 Å². The molecule has 0 aromatic rings. The lowest BCUT2D eigenvalue weighted by Crippen LogP contribution is -2.25. The van der Waals surface area contributed by atoms with Gasteiger partial charge >= 0.3 is 6.18 Å². The Morgan fingerprint density at radius 2 is 1.93 bits per heavy atom. The maximum absolute atomic E-state index is 11.8. The van der Waals surface area contributed by atoms with Crippen molar-refractivity contribution in [2.75, 3.05) is 20.1 Å². The van der Waals surface area contributed by atoms with Crippen LogP contribution in [0.1, 0.15) is 19.3 Å². The fourth-order valence-corrected chi connectivity index (χ4v) is 1.05. The van der Waals surface area contributed by atoms with E-state index in [1.165, 1.54) is 0 Å². The summed E-state index contributed by atoms with van der Waals surface area (Å²) in [5.74, 6) is 0. The summed E-state index contributed by atoms with van der Waals surface area (Å²) in [5, 5.41) is 0. The molecule has 84 valence electrons. The molecule has 0 unspecified atom stereocenters. The smallest absolute Gasteiger partial charge is 0.389 e. The molecular weight excluding hydrogens is 213 g/mol.